The number of nitrogens with one attached hydrogen (secondary N) is 2. The van der Waals surface area contributed by atoms with Crippen LogP contribution in [0.4, 0.5) is 0 Å². The predicted octanol–water partition coefficient (Wildman–Crippen LogP) is 0.115. The number of hydrogen-bond acceptors (Lipinski definition) is 4. The molecular weight excluding hydrogens is 234 g/mol. The fraction of sp³-hybridized carbons (Fsp3) is 0.500. The molecule has 86 valence electrons. The van der Waals surface area contributed by atoms with Gasteiger partial charge in [-0.15, -0.1) is 0 Å². The van der Waals surface area contributed by atoms with Gasteiger partial charge in [-0.3, -0.25) is 0 Å². The third kappa shape index (κ3) is 3.53. The first-order valence-electron chi connectivity index (χ1n) is 4.46. The third-order valence-electron chi connectivity index (χ3n) is 1.84. The molecule has 7 heteroatoms. The number of H-pyrrole nitrogens is 1. The lowest BCUT2D eigenvalue weighted by Gasteiger charge is -2.02. The van der Waals surface area contributed by atoms with Crippen LogP contribution in [-0.2, 0) is 16.6 Å². The van der Waals surface area contributed by atoms with Crippen LogP contribution in [-0.4, -0.2) is 32.0 Å². The second-order valence-electron chi connectivity index (χ2n) is 2.96. The van der Waals surface area contributed by atoms with Gasteiger partial charge in [-0.25, -0.2) is 13.1 Å². The SMILES string of the molecule is CSCCNS(=O)(=O)c1c[nH]c(CN)c1. The van der Waals surface area contributed by atoms with E-state index in [0.717, 1.165) is 5.75 Å². The van der Waals surface area contributed by atoms with Crippen molar-refractivity contribution in [3.63, 3.8) is 0 Å². The van der Waals surface area contributed by atoms with Crippen LogP contribution >= 0.6 is 11.8 Å². The summed E-state index contributed by atoms with van der Waals surface area (Å²) in [6.45, 7) is 0.743. The lowest BCUT2D eigenvalue weighted by Crippen LogP contribution is -2.25. The van der Waals surface area contributed by atoms with E-state index < -0.39 is 10.0 Å². The monoisotopic (exact) mass is 249 g/mol. The van der Waals surface area contributed by atoms with Crippen LogP contribution < -0.4 is 10.5 Å². The molecule has 15 heavy (non-hydrogen) atoms. The first-order chi connectivity index (χ1) is 7.10. The molecule has 0 aliphatic heterocycles. The Labute approximate surface area is 93.9 Å². The van der Waals surface area contributed by atoms with Crippen molar-refractivity contribution in [2.75, 3.05) is 18.6 Å². The fourth-order valence-corrected chi connectivity index (χ4v) is 2.54. The van der Waals surface area contributed by atoms with Gasteiger partial charge in [-0.2, -0.15) is 11.8 Å². The number of hydrogen-bond donors (Lipinski definition) is 3. The maximum atomic E-state index is 11.7. The van der Waals surface area contributed by atoms with Crippen molar-refractivity contribution in [1.82, 2.24) is 9.71 Å². The molecule has 1 aromatic rings. The molecule has 0 unspecified atom stereocenters. The maximum Gasteiger partial charge on any atom is 0.242 e. The van der Waals surface area contributed by atoms with E-state index in [9.17, 15) is 8.42 Å². The van der Waals surface area contributed by atoms with Crippen molar-refractivity contribution in [3.8, 4) is 0 Å². The van der Waals surface area contributed by atoms with Gasteiger partial charge in [0.15, 0.2) is 0 Å². The molecule has 0 aliphatic carbocycles. The predicted molar refractivity (Wildman–Crippen MR) is 62.3 cm³/mol. The zero-order chi connectivity index (χ0) is 11.3. The fourth-order valence-electron chi connectivity index (χ4n) is 1.05. The Morgan fingerprint density at radius 2 is 2.33 bits per heavy atom. The molecule has 0 atom stereocenters. The van der Waals surface area contributed by atoms with Gasteiger partial charge < -0.3 is 10.7 Å². The molecule has 0 fully saturated rings. The summed E-state index contributed by atoms with van der Waals surface area (Å²) < 4.78 is 25.8. The summed E-state index contributed by atoms with van der Waals surface area (Å²) in [5, 5.41) is 0. The highest BCUT2D eigenvalue weighted by Gasteiger charge is 2.14. The molecule has 5 nitrogen and oxygen atoms in total. The summed E-state index contributed by atoms with van der Waals surface area (Å²) in [5.41, 5.74) is 6.09. The average molecular weight is 249 g/mol. The smallest absolute Gasteiger partial charge is 0.242 e. The second-order valence-corrected chi connectivity index (χ2v) is 5.71. The van der Waals surface area contributed by atoms with E-state index in [2.05, 4.69) is 9.71 Å². The number of rotatable bonds is 6. The third-order valence-corrected chi connectivity index (χ3v) is 3.90. The van der Waals surface area contributed by atoms with Gasteiger partial charge in [0.2, 0.25) is 10.0 Å². The highest BCUT2D eigenvalue weighted by Crippen LogP contribution is 2.09. The summed E-state index contributed by atoms with van der Waals surface area (Å²) in [6.07, 6.45) is 3.38. The van der Waals surface area contributed by atoms with E-state index in [-0.39, 0.29) is 4.90 Å². The van der Waals surface area contributed by atoms with Crippen LogP contribution in [0.25, 0.3) is 0 Å². The number of thioether (sulfide) groups is 1. The van der Waals surface area contributed by atoms with E-state index in [1.54, 1.807) is 17.8 Å². The van der Waals surface area contributed by atoms with Crippen molar-refractivity contribution in [1.29, 1.82) is 0 Å². The van der Waals surface area contributed by atoms with Gasteiger partial charge in [-0.05, 0) is 12.3 Å². The Bertz CT molecular complexity index is 400. The number of aromatic amines is 1. The first kappa shape index (κ1) is 12.6. The van der Waals surface area contributed by atoms with Gasteiger partial charge in [0.05, 0.1) is 4.90 Å². The Morgan fingerprint density at radius 3 is 2.87 bits per heavy atom. The van der Waals surface area contributed by atoms with Crippen molar-refractivity contribution >= 4 is 21.8 Å². The molecule has 0 saturated carbocycles. The molecule has 0 radical (unpaired) electrons. The molecule has 1 rings (SSSR count). The minimum atomic E-state index is -3.37. The molecule has 1 aromatic heterocycles. The quantitative estimate of drug-likeness (QED) is 0.625. The summed E-state index contributed by atoms with van der Waals surface area (Å²) >= 11 is 1.59. The summed E-state index contributed by atoms with van der Waals surface area (Å²) in [7, 11) is -3.37. The van der Waals surface area contributed by atoms with Crippen LogP contribution in [0.2, 0.25) is 0 Å². The topological polar surface area (TPSA) is 88.0 Å². The molecule has 0 aliphatic rings. The highest BCUT2D eigenvalue weighted by molar-refractivity contribution is 7.98. The lowest BCUT2D eigenvalue weighted by molar-refractivity contribution is 0.584. The van der Waals surface area contributed by atoms with Crippen LogP contribution in [0, 0.1) is 0 Å². The molecular formula is C8H15N3O2S2. The van der Waals surface area contributed by atoms with Crippen LogP contribution in [0.15, 0.2) is 17.2 Å². The molecule has 0 amide bonds. The Balaban J connectivity index is 2.68. The summed E-state index contributed by atoms with van der Waals surface area (Å²) in [4.78, 5) is 3.04. The van der Waals surface area contributed by atoms with Crippen molar-refractivity contribution in [2.45, 2.75) is 11.4 Å². The Morgan fingerprint density at radius 1 is 1.60 bits per heavy atom. The van der Waals surface area contributed by atoms with Crippen molar-refractivity contribution in [3.05, 3.63) is 18.0 Å². The highest BCUT2D eigenvalue weighted by atomic mass is 32.2. The maximum absolute atomic E-state index is 11.7. The molecule has 0 bridgehead atoms. The summed E-state index contributed by atoms with van der Waals surface area (Å²) in [6, 6.07) is 1.54. The normalized spacial score (nSPS) is 11.9. The number of sulfonamides is 1. The van der Waals surface area contributed by atoms with Gasteiger partial charge in [0, 0.05) is 30.7 Å². The largest absolute Gasteiger partial charge is 0.363 e. The second kappa shape index (κ2) is 5.55. The van der Waals surface area contributed by atoms with Crippen LogP contribution in [0.5, 0.6) is 0 Å². The Kier molecular flexibility index (Phi) is 4.65. The first-order valence-corrected chi connectivity index (χ1v) is 7.34. The number of nitrogens with two attached hydrogens (primary N) is 1. The number of aromatic nitrogens is 1. The van der Waals surface area contributed by atoms with Crippen molar-refractivity contribution in [2.24, 2.45) is 5.73 Å². The van der Waals surface area contributed by atoms with Crippen LogP contribution in [0.1, 0.15) is 5.69 Å². The minimum Gasteiger partial charge on any atom is -0.363 e. The standard InChI is InChI=1S/C8H15N3O2S2/c1-14-3-2-11-15(12,13)8-4-7(5-9)10-6-8/h4,6,10-11H,2-3,5,9H2,1H3. The Hall–Kier alpha value is -0.500. The molecule has 4 N–H and O–H groups in total. The van der Waals surface area contributed by atoms with Gasteiger partial charge >= 0.3 is 0 Å². The van der Waals surface area contributed by atoms with E-state index in [4.69, 9.17) is 5.73 Å². The van der Waals surface area contributed by atoms with Crippen molar-refractivity contribution < 1.29 is 8.42 Å². The van der Waals surface area contributed by atoms with E-state index in [1.165, 1.54) is 6.20 Å². The van der Waals surface area contributed by atoms with Gasteiger partial charge in [-0.1, -0.05) is 0 Å². The lowest BCUT2D eigenvalue weighted by atomic mass is 10.4. The van der Waals surface area contributed by atoms with E-state index >= 15 is 0 Å². The zero-order valence-corrected chi connectivity index (χ0v) is 10.1. The zero-order valence-electron chi connectivity index (χ0n) is 8.49. The summed E-state index contributed by atoms with van der Waals surface area (Å²) in [5.74, 6) is 0.757. The minimum absolute atomic E-state index is 0.240. The van der Waals surface area contributed by atoms with Crippen LogP contribution in [0.3, 0.4) is 0 Å². The molecule has 0 aromatic carbocycles. The van der Waals surface area contributed by atoms with E-state index in [1.807, 2.05) is 6.26 Å². The molecule has 1 heterocycles. The molecule has 0 saturated heterocycles. The van der Waals surface area contributed by atoms with E-state index in [0.29, 0.717) is 18.8 Å². The molecule has 0 spiro atoms. The van der Waals surface area contributed by atoms with Gasteiger partial charge in [0.1, 0.15) is 0 Å². The average Bonchev–Trinajstić information content (AvgIpc) is 2.66. The van der Waals surface area contributed by atoms with Gasteiger partial charge in [0.25, 0.3) is 0 Å².